The lowest BCUT2D eigenvalue weighted by Gasteiger charge is -2.09. The van der Waals surface area contributed by atoms with Crippen LogP contribution in [0.4, 0.5) is 0 Å². The third-order valence-electron chi connectivity index (χ3n) is 2.99. The van der Waals surface area contributed by atoms with Gasteiger partial charge in [0.05, 0.1) is 0 Å². The van der Waals surface area contributed by atoms with Crippen LogP contribution in [-0.2, 0) is 9.59 Å². The summed E-state index contributed by atoms with van der Waals surface area (Å²) >= 11 is 0. The minimum absolute atomic E-state index is 0.369. The maximum absolute atomic E-state index is 11.4. The second kappa shape index (κ2) is 12.5. The van der Waals surface area contributed by atoms with Crippen molar-refractivity contribution < 1.29 is 14.7 Å². The van der Waals surface area contributed by atoms with E-state index < -0.39 is 12.0 Å². The number of aliphatic carboxylic acids is 1. The van der Waals surface area contributed by atoms with Gasteiger partial charge in [-0.15, -0.1) is 0 Å². The van der Waals surface area contributed by atoms with Crippen molar-refractivity contribution in [2.75, 3.05) is 0 Å². The predicted octanol–water partition coefficient (Wildman–Crippen LogP) is 3.44. The molecule has 0 aromatic rings. The molecule has 1 atom stereocenters. The minimum Gasteiger partial charge on any atom is -0.480 e. The van der Waals surface area contributed by atoms with Gasteiger partial charge in [0.1, 0.15) is 6.04 Å². The lowest BCUT2D eigenvalue weighted by Crippen LogP contribution is -2.39. The predicted molar refractivity (Wildman–Crippen MR) is 81.5 cm³/mol. The fourth-order valence-electron chi connectivity index (χ4n) is 1.74. The maximum atomic E-state index is 11.4. The Hall–Kier alpha value is -1.58. The number of amides is 1. The number of hydrogen-bond donors (Lipinski definition) is 2. The fourth-order valence-corrected chi connectivity index (χ4v) is 1.74. The maximum Gasteiger partial charge on any atom is 0.326 e. The van der Waals surface area contributed by atoms with Crippen molar-refractivity contribution in [3.8, 4) is 0 Å². The van der Waals surface area contributed by atoms with E-state index >= 15 is 0 Å². The zero-order valence-corrected chi connectivity index (χ0v) is 12.6. The zero-order valence-electron chi connectivity index (χ0n) is 12.6. The third-order valence-corrected chi connectivity index (χ3v) is 2.99. The summed E-state index contributed by atoms with van der Waals surface area (Å²) in [4.78, 5) is 22.2. The van der Waals surface area contributed by atoms with Gasteiger partial charge in [-0.05, 0) is 19.3 Å². The Labute approximate surface area is 122 Å². The summed E-state index contributed by atoms with van der Waals surface area (Å²) in [5, 5.41) is 11.2. The van der Waals surface area contributed by atoms with Crippen molar-refractivity contribution in [3.05, 3.63) is 24.3 Å². The third kappa shape index (κ3) is 10.4. The van der Waals surface area contributed by atoms with Gasteiger partial charge in [0, 0.05) is 6.08 Å². The molecule has 0 rings (SSSR count). The summed E-state index contributed by atoms with van der Waals surface area (Å²) < 4.78 is 0. The molecule has 0 saturated heterocycles. The van der Waals surface area contributed by atoms with Crippen molar-refractivity contribution in [1.29, 1.82) is 0 Å². The average Bonchev–Trinajstić information content (AvgIpc) is 2.42. The number of allylic oxidation sites excluding steroid dienone is 3. The van der Waals surface area contributed by atoms with E-state index in [0.717, 1.165) is 6.42 Å². The lowest BCUT2D eigenvalue weighted by molar-refractivity contribution is -0.141. The van der Waals surface area contributed by atoms with Crippen LogP contribution in [0, 0.1) is 0 Å². The summed E-state index contributed by atoms with van der Waals surface area (Å²) in [6.07, 6.45) is 14.5. The molecular formula is C16H27NO3. The van der Waals surface area contributed by atoms with E-state index in [1.807, 2.05) is 12.2 Å². The van der Waals surface area contributed by atoms with Gasteiger partial charge in [0.15, 0.2) is 0 Å². The van der Waals surface area contributed by atoms with E-state index in [1.165, 1.54) is 38.2 Å². The number of hydrogen-bond acceptors (Lipinski definition) is 2. The standard InChI is InChI=1S/C16H27NO3/c1-3-5-6-7-8-9-10-11-12-13-15(18)17-14(4-2)16(19)20/h10-14H,3-9H2,1-2H3,(H,17,18)(H,19,20). The molecular weight excluding hydrogens is 254 g/mol. The molecule has 2 N–H and O–H groups in total. The number of nitrogens with one attached hydrogen (secondary N) is 1. The Morgan fingerprint density at radius 2 is 1.80 bits per heavy atom. The van der Waals surface area contributed by atoms with Gasteiger partial charge in [0.2, 0.25) is 5.91 Å². The summed E-state index contributed by atoms with van der Waals surface area (Å²) in [5.41, 5.74) is 0. The molecule has 20 heavy (non-hydrogen) atoms. The molecule has 4 heteroatoms. The second-order valence-electron chi connectivity index (χ2n) is 4.80. The molecule has 0 spiro atoms. The van der Waals surface area contributed by atoms with Crippen LogP contribution in [0.15, 0.2) is 24.3 Å². The van der Waals surface area contributed by atoms with Crippen LogP contribution in [0.2, 0.25) is 0 Å². The molecule has 0 bridgehead atoms. The quantitative estimate of drug-likeness (QED) is 0.346. The molecule has 1 amide bonds. The van der Waals surface area contributed by atoms with Crippen LogP contribution in [-0.4, -0.2) is 23.0 Å². The molecule has 114 valence electrons. The van der Waals surface area contributed by atoms with Gasteiger partial charge in [-0.3, -0.25) is 4.79 Å². The van der Waals surface area contributed by atoms with Crippen LogP contribution in [0.25, 0.3) is 0 Å². The fraction of sp³-hybridized carbons (Fsp3) is 0.625. The van der Waals surface area contributed by atoms with E-state index in [1.54, 1.807) is 13.0 Å². The number of unbranched alkanes of at least 4 members (excludes halogenated alkanes) is 5. The Morgan fingerprint density at radius 1 is 1.10 bits per heavy atom. The summed E-state index contributed by atoms with van der Waals surface area (Å²) in [7, 11) is 0. The van der Waals surface area contributed by atoms with Crippen molar-refractivity contribution in [2.45, 2.75) is 64.8 Å². The first-order valence-electron chi connectivity index (χ1n) is 7.48. The van der Waals surface area contributed by atoms with E-state index in [2.05, 4.69) is 12.2 Å². The van der Waals surface area contributed by atoms with Crippen LogP contribution in [0.3, 0.4) is 0 Å². The molecule has 0 aromatic heterocycles. The highest BCUT2D eigenvalue weighted by molar-refractivity contribution is 5.91. The summed E-state index contributed by atoms with van der Waals surface area (Å²) in [6, 6.07) is -0.810. The Balaban J connectivity index is 3.77. The van der Waals surface area contributed by atoms with Gasteiger partial charge in [-0.25, -0.2) is 4.79 Å². The van der Waals surface area contributed by atoms with Gasteiger partial charge in [-0.2, -0.15) is 0 Å². The molecule has 0 saturated carbocycles. The first-order valence-corrected chi connectivity index (χ1v) is 7.48. The number of carboxylic acids is 1. The topological polar surface area (TPSA) is 66.4 Å². The van der Waals surface area contributed by atoms with E-state index in [4.69, 9.17) is 5.11 Å². The highest BCUT2D eigenvalue weighted by Gasteiger charge is 2.15. The van der Waals surface area contributed by atoms with Gasteiger partial charge in [-0.1, -0.05) is 57.8 Å². The molecule has 0 aliphatic carbocycles. The minimum atomic E-state index is -1.00. The summed E-state index contributed by atoms with van der Waals surface area (Å²) in [5.74, 6) is -1.37. The number of rotatable bonds is 11. The van der Waals surface area contributed by atoms with Crippen molar-refractivity contribution in [3.63, 3.8) is 0 Å². The summed E-state index contributed by atoms with van der Waals surface area (Å²) in [6.45, 7) is 3.92. The monoisotopic (exact) mass is 281 g/mol. The molecule has 0 aromatic carbocycles. The molecule has 0 radical (unpaired) electrons. The lowest BCUT2D eigenvalue weighted by atomic mass is 10.1. The Morgan fingerprint density at radius 3 is 2.40 bits per heavy atom. The highest BCUT2D eigenvalue weighted by atomic mass is 16.4. The zero-order chi connectivity index (χ0) is 15.2. The van der Waals surface area contributed by atoms with Crippen molar-refractivity contribution >= 4 is 11.9 Å². The second-order valence-corrected chi connectivity index (χ2v) is 4.80. The molecule has 0 heterocycles. The number of carbonyl (C=O) groups excluding carboxylic acids is 1. The van der Waals surface area contributed by atoms with Crippen LogP contribution in [0.5, 0.6) is 0 Å². The largest absolute Gasteiger partial charge is 0.480 e. The first-order chi connectivity index (χ1) is 9.61. The molecule has 0 aliphatic heterocycles. The first kappa shape index (κ1) is 18.4. The average molecular weight is 281 g/mol. The van der Waals surface area contributed by atoms with Crippen LogP contribution in [0.1, 0.15) is 58.8 Å². The van der Waals surface area contributed by atoms with Crippen molar-refractivity contribution in [1.82, 2.24) is 5.32 Å². The molecule has 0 fully saturated rings. The smallest absolute Gasteiger partial charge is 0.326 e. The Kier molecular flexibility index (Phi) is 11.5. The SMILES string of the molecule is CCCCCCCC=CC=CC(=O)NC(CC)C(=O)O. The molecule has 0 aliphatic rings. The van der Waals surface area contributed by atoms with Crippen molar-refractivity contribution in [2.24, 2.45) is 0 Å². The number of carbonyl (C=O) groups is 2. The van der Waals surface area contributed by atoms with Gasteiger partial charge in [0.25, 0.3) is 0 Å². The van der Waals surface area contributed by atoms with Crippen LogP contribution < -0.4 is 5.32 Å². The number of carboxylic acid groups (broad SMARTS) is 1. The van der Waals surface area contributed by atoms with Crippen LogP contribution >= 0.6 is 0 Å². The normalized spacial score (nSPS) is 12.9. The van der Waals surface area contributed by atoms with Gasteiger partial charge < -0.3 is 10.4 Å². The van der Waals surface area contributed by atoms with E-state index in [-0.39, 0.29) is 5.91 Å². The van der Waals surface area contributed by atoms with Gasteiger partial charge >= 0.3 is 5.97 Å². The Bertz CT molecular complexity index is 335. The molecule has 4 nitrogen and oxygen atoms in total. The van der Waals surface area contributed by atoms with E-state index in [9.17, 15) is 9.59 Å². The highest BCUT2D eigenvalue weighted by Crippen LogP contribution is 2.05. The van der Waals surface area contributed by atoms with E-state index in [0.29, 0.717) is 6.42 Å². The molecule has 1 unspecified atom stereocenters.